The van der Waals surface area contributed by atoms with Crippen molar-refractivity contribution in [2.45, 2.75) is 20.4 Å². The number of rotatable bonds is 5. The molecule has 116 valence electrons. The summed E-state index contributed by atoms with van der Waals surface area (Å²) >= 11 is 0. The summed E-state index contributed by atoms with van der Waals surface area (Å²) in [6.45, 7) is 7.30. The summed E-state index contributed by atoms with van der Waals surface area (Å²) in [5.41, 5.74) is 1.48. The fourth-order valence-corrected chi connectivity index (χ4v) is 2.47. The van der Waals surface area contributed by atoms with Gasteiger partial charge in [-0.2, -0.15) is 0 Å². The van der Waals surface area contributed by atoms with Crippen LogP contribution in [0.1, 0.15) is 19.4 Å². The maximum absolute atomic E-state index is 14.1. The van der Waals surface area contributed by atoms with Gasteiger partial charge in [0.2, 0.25) is 5.91 Å². The van der Waals surface area contributed by atoms with E-state index < -0.39 is 0 Å². The minimum atomic E-state index is -0.213. The Morgan fingerprint density at radius 3 is 2.76 bits per heavy atom. The van der Waals surface area contributed by atoms with Crippen LogP contribution >= 0.6 is 0 Å². The molecule has 1 heterocycles. The predicted molar refractivity (Wildman–Crippen MR) is 82.8 cm³/mol. The zero-order chi connectivity index (χ0) is 15.4. The second-order valence-corrected chi connectivity index (χ2v) is 6.00. The highest BCUT2D eigenvalue weighted by Crippen LogP contribution is 2.24. The molecule has 0 unspecified atom stereocenters. The van der Waals surface area contributed by atoms with E-state index in [-0.39, 0.29) is 11.7 Å². The van der Waals surface area contributed by atoms with E-state index >= 15 is 0 Å². The van der Waals surface area contributed by atoms with Crippen LogP contribution in [0.2, 0.25) is 0 Å². The average Bonchev–Trinajstić information content (AvgIpc) is 2.43. The van der Waals surface area contributed by atoms with Gasteiger partial charge in [0, 0.05) is 37.9 Å². The molecule has 0 aromatic heterocycles. The van der Waals surface area contributed by atoms with Gasteiger partial charge in [-0.3, -0.25) is 4.79 Å². The first kappa shape index (κ1) is 15.8. The fourth-order valence-electron chi connectivity index (χ4n) is 2.47. The molecule has 0 bridgehead atoms. The molecule has 1 fully saturated rings. The summed E-state index contributed by atoms with van der Waals surface area (Å²) in [6.07, 6.45) is 0. The Bertz CT molecular complexity index is 504. The van der Waals surface area contributed by atoms with Crippen molar-refractivity contribution in [2.24, 2.45) is 5.92 Å². The van der Waals surface area contributed by atoms with Crippen molar-refractivity contribution in [2.75, 3.05) is 38.1 Å². The molecule has 1 saturated heterocycles. The smallest absolute Gasteiger partial charge is 0.241 e. The van der Waals surface area contributed by atoms with Crippen LogP contribution in [0, 0.1) is 11.7 Å². The Kier molecular flexibility index (Phi) is 5.17. The highest BCUT2D eigenvalue weighted by atomic mass is 19.1. The Morgan fingerprint density at radius 1 is 1.33 bits per heavy atom. The summed E-state index contributed by atoms with van der Waals surface area (Å²) in [6, 6.07) is 5.08. The number of hydrogen-bond acceptors (Lipinski definition) is 3. The topological polar surface area (TPSA) is 35.6 Å². The standard InChI is InChI=1S/C16H24FN3O/c1-12(2)9-18-10-13-14(17)5-4-6-15(13)20-8-7-19(3)16(21)11-20/h4-6,12,18H,7-11H2,1-3H3. The van der Waals surface area contributed by atoms with Gasteiger partial charge in [0.1, 0.15) is 5.82 Å². The predicted octanol–water partition coefficient (Wildman–Crippen LogP) is 1.85. The molecule has 5 heteroatoms. The monoisotopic (exact) mass is 293 g/mol. The van der Waals surface area contributed by atoms with Crippen LogP contribution in [0.4, 0.5) is 10.1 Å². The number of benzene rings is 1. The number of nitrogens with one attached hydrogen (secondary N) is 1. The lowest BCUT2D eigenvalue weighted by atomic mass is 10.1. The van der Waals surface area contributed by atoms with Crippen LogP contribution in [0.3, 0.4) is 0 Å². The highest BCUT2D eigenvalue weighted by Gasteiger charge is 2.23. The van der Waals surface area contributed by atoms with Crippen LogP contribution in [-0.4, -0.2) is 44.0 Å². The number of piperazine rings is 1. The summed E-state index contributed by atoms with van der Waals surface area (Å²) in [5, 5.41) is 3.28. The third-order valence-electron chi connectivity index (χ3n) is 3.75. The number of carbonyl (C=O) groups is 1. The van der Waals surface area contributed by atoms with Crippen molar-refractivity contribution in [3.63, 3.8) is 0 Å². The molecule has 1 aromatic carbocycles. The van der Waals surface area contributed by atoms with Gasteiger partial charge in [-0.25, -0.2) is 4.39 Å². The normalized spacial score (nSPS) is 16.0. The molecule has 0 radical (unpaired) electrons. The van der Waals surface area contributed by atoms with Crippen molar-refractivity contribution in [1.29, 1.82) is 0 Å². The molecule has 0 spiro atoms. The lowest BCUT2D eigenvalue weighted by molar-refractivity contribution is -0.129. The quantitative estimate of drug-likeness (QED) is 0.900. The Morgan fingerprint density at radius 2 is 2.10 bits per heavy atom. The largest absolute Gasteiger partial charge is 0.360 e. The number of amides is 1. The van der Waals surface area contributed by atoms with Gasteiger partial charge in [-0.15, -0.1) is 0 Å². The van der Waals surface area contributed by atoms with E-state index in [0.29, 0.717) is 31.1 Å². The van der Waals surface area contributed by atoms with Crippen LogP contribution in [0.25, 0.3) is 0 Å². The molecule has 4 nitrogen and oxygen atoms in total. The van der Waals surface area contributed by atoms with E-state index in [0.717, 1.165) is 18.8 Å². The molecule has 0 saturated carbocycles. The number of likely N-dealkylation sites (N-methyl/N-ethyl adjacent to an activating group) is 1. The van der Waals surface area contributed by atoms with E-state index in [1.54, 1.807) is 18.0 Å². The summed E-state index contributed by atoms with van der Waals surface area (Å²) in [4.78, 5) is 15.5. The van der Waals surface area contributed by atoms with Crippen molar-refractivity contribution < 1.29 is 9.18 Å². The molecule has 1 amide bonds. The van der Waals surface area contributed by atoms with Gasteiger partial charge < -0.3 is 15.1 Å². The maximum atomic E-state index is 14.1. The number of anilines is 1. The lowest BCUT2D eigenvalue weighted by Crippen LogP contribution is -2.49. The second-order valence-electron chi connectivity index (χ2n) is 6.00. The van der Waals surface area contributed by atoms with Gasteiger partial charge in [-0.05, 0) is 24.6 Å². The number of carbonyl (C=O) groups excluding carboxylic acids is 1. The zero-order valence-corrected chi connectivity index (χ0v) is 13.0. The molecular weight excluding hydrogens is 269 g/mol. The van der Waals surface area contributed by atoms with E-state index in [9.17, 15) is 9.18 Å². The van der Waals surface area contributed by atoms with E-state index in [4.69, 9.17) is 0 Å². The Balaban J connectivity index is 2.15. The first-order valence-corrected chi connectivity index (χ1v) is 7.46. The molecular formula is C16H24FN3O. The maximum Gasteiger partial charge on any atom is 0.241 e. The van der Waals surface area contributed by atoms with Gasteiger partial charge in [0.25, 0.3) is 0 Å². The second kappa shape index (κ2) is 6.89. The summed E-state index contributed by atoms with van der Waals surface area (Å²) in [7, 11) is 1.80. The number of hydrogen-bond donors (Lipinski definition) is 1. The number of nitrogens with zero attached hydrogens (tertiary/aromatic N) is 2. The fraction of sp³-hybridized carbons (Fsp3) is 0.562. The third kappa shape index (κ3) is 3.94. The molecule has 1 aliphatic rings. The first-order valence-electron chi connectivity index (χ1n) is 7.46. The SMILES string of the molecule is CC(C)CNCc1c(F)cccc1N1CCN(C)C(=O)C1. The molecule has 1 N–H and O–H groups in total. The van der Waals surface area contributed by atoms with Crippen LogP contribution in [0.15, 0.2) is 18.2 Å². The van der Waals surface area contributed by atoms with Crippen LogP contribution in [0.5, 0.6) is 0 Å². The average molecular weight is 293 g/mol. The highest BCUT2D eigenvalue weighted by molar-refractivity contribution is 5.83. The van der Waals surface area contributed by atoms with Crippen molar-refractivity contribution in [1.82, 2.24) is 10.2 Å². The van der Waals surface area contributed by atoms with E-state index in [1.807, 2.05) is 11.0 Å². The summed E-state index contributed by atoms with van der Waals surface area (Å²) < 4.78 is 14.1. The minimum absolute atomic E-state index is 0.0756. The van der Waals surface area contributed by atoms with Gasteiger partial charge >= 0.3 is 0 Å². The summed E-state index contributed by atoms with van der Waals surface area (Å²) in [5.74, 6) is 0.382. The molecule has 0 atom stereocenters. The van der Waals surface area contributed by atoms with Crippen LogP contribution in [-0.2, 0) is 11.3 Å². The van der Waals surface area contributed by atoms with Gasteiger partial charge in [-0.1, -0.05) is 19.9 Å². The number of halogens is 1. The Hall–Kier alpha value is -1.62. The van der Waals surface area contributed by atoms with Gasteiger partial charge in [0.05, 0.1) is 6.54 Å². The molecule has 1 aromatic rings. The van der Waals surface area contributed by atoms with E-state index in [1.165, 1.54) is 6.07 Å². The van der Waals surface area contributed by atoms with Crippen molar-refractivity contribution >= 4 is 11.6 Å². The first-order chi connectivity index (χ1) is 9.99. The molecule has 2 rings (SSSR count). The zero-order valence-electron chi connectivity index (χ0n) is 13.0. The van der Waals surface area contributed by atoms with E-state index in [2.05, 4.69) is 19.2 Å². The molecule has 21 heavy (non-hydrogen) atoms. The van der Waals surface area contributed by atoms with Crippen molar-refractivity contribution in [3.8, 4) is 0 Å². The molecule has 1 aliphatic heterocycles. The third-order valence-corrected chi connectivity index (χ3v) is 3.75. The molecule has 0 aliphatic carbocycles. The van der Waals surface area contributed by atoms with Gasteiger partial charge in [0.15, 0.2) is 0 Å². The Labute approximate surface area is 125 Å². The minimum Gasteiger partial charge on any atom is -0.360 e. The van der Waals surface area contributed by atoms with Crippen LogP contribution < -0.4 is 10.2 Å². The lowest BCUT2D eigenvalue weighted by Gasteiger charge is -2.34. The van der Waals surface area contributed by atoms with Crippen molar-refractivity contribution in [3.05, 3.63) is 29.6 Å².